The number of hydrogen-bond donors (Lipinski definition) is 0. The van der Waals surface area contributed by atoms with Gasteiger partial charge >= 0.3 is 6.18 Å². The largest absolute Gasteiger partial charge is 0.490 e. The lowest BCUT2D eigenvalue weighted by atomic mass is 9.51. The van der Waals surface area contributed by atoms with Crippen LogP contribution in [0, 0.1) is 5.41 Å². The second-order valence-corrected chi connectivity index (χ2v) is 10.8. The highest BCUT2D eigenvalue weighted by atomic mass is 19.4. The van der Waals surface area contributed by atoms with Crippen LogP contribution in [-0.2, 0) is 5.41 Å². The van der Waals surface area contributed by atoms with Gasteiger partial charge in [-0.2, -0.15) is 13.2 Å². The van der Waals surface area contributed by atoms with E-state index in [1.807, 2.05) is 24.3 Å². The zero-order chi connectivity index (χ0) is 24.8. The first-order valence-corrected chi connectivity index (χ1v) is 13.4. The normalized spacial score (nSPS) is 24.2. The van der Waals surface area contributed by atoms with Crippen molar-refractivity contribution in [1.29, 1.82) is 0 Å². The van der Waals surface area contributed by atoms with Crippen molar-refractivity contribution in [3.05, 3.63) is 66.2 Å². The smallest absolute Gasteiger partial charge is 0.409 e. The van der Waals surface area contributed by atoms with Gasteiger partial charge in [0.2, 0.25) is 0 Å². The second kappa shape index (κ2) is 11.2. The molecule has 0 spiro atoms. The van der Waals surface area contributed by atoms with Gasteiger partial charge in [-0.25, -0.2) is 0 Å². The standard InChI is InChI=1S/C31H39F3O/c1-2-3-4-5-6-16-29-18-21-30(22-19-29,23-20-29)27-12-8-25(9-13-27)26-10-14-28(15-11-26)35-24-7-17-31(32,33)34/h7-15,17H,2-6,16,18-24H2,1H3/b17-7+. The van der Waals surface area contributed by atoms with Gasteiger partial charge in [-0.1, -0.05) is 75.4 Å². The third-order valence-electron chi connectivity index (χ3n) is 8.55. The van der Waals surface area contributed by atoms with Crippen molar-refractivity contribution in [2.24, 2.45) is 5.41 Å². The lowest BCUT2D eigenvalue weighted by molar-refractivity contribution is -0.0801. The van der Waals surface area contributed by atoms with Crippen LogP contribution >= 0.6 is 0 Å². The molecule has 2 aromatic carbocycles. The maximum absolute atomic E-state index is 12.2. The summed E-state index contributed by atoms with van der Waals surface area (Å²) in [7, 11) is 0. The monoisotopic (exact) mass is 484 g/mol. The lowest BCUT2D eigenvalue weighted by Crippen LogP contribution is -2.44. The number of unbranched alkanes of at least 4 members (excludes halogenated alkanes) is 4. The fourth-order valence-corrected chi connectivity index (χ4v) is 6.26. The highest BCUT2D eigenvalue weighted by Gasteiger charge is 2.48. The van der Waals surface area contributed by atoms with Gasteiger partial charge in [0.05, 0.1) is 0 Å². The lowest BCUT2D eigenvalue weighted by Gasteiger charge is -2.54. The van der Waals surface area contributed by atoms with Gasteiger partial charge in [0.15, 0.2) is 0 Å². The molecule has 0 N–H and O–H groups in total. The van der Waals surface area contributed by atoms with Crippen molar-refractivity contribution in [2.75, 3.05) is 6.61 Å². The number of benzene rings is 2. The third kappa shape index (κ3) is 6.71. The van der Waals surface area contributed by atoms with Gasteiger partial charge in [0.1, 0.15) is 12.4 Å². The maximum atomic E-state index is 12.2. The van der Waals surface area contributed by atoms with Crippen LogP contribution in [0.5, 0.6) is 5.75 Å². The summed E-state index contributed by atoms with van der Waals surface area (Å²) in [5.41, 5.74) is 4.72. The molecule has 0 saturated heterocycles. The first-order valence-electron chi connectivity index (χ1n) is 13.4. The molecule has 2 aromatic rings. The molecule has 4 heteroatoms. The van der Waals surface area contributed by atoms with Crippen molar-refractivity contribution >= 4 is 0 Å². The molecule has 3 fully saturated rings. The van der Waals surface area contributed by atoms with Gasteiger partial charge in [-0.3, -0.25) is 0 Å². The molecule has 0 heterocycles. The molecule has 5 rings (SSSR count). The zero-order valence-electron chi connectivity index (χ0n) is 21.0. The van der Waals surface area contributed by atoms with Crippen LogP contribution in [-0.4, -0.2) is 12.8 Å². The number of halogens is 3. The van der Waals surface area contributed by atoms with Crippen molar-refractivity contribution in [3.63, 3.8) is 0 Å². The average molecular weight is 485 g/mol. The molecular formula is C31H39F3O. The Morgan fingerprint density at radius 3 is 1.91 bits per heavy atom. The van der Waals surface area contributed by atoms with Crippen LogP contribution in [0.2, 0.25) is 0 Å². The number of alkyl halides is 3. The van der Waals surface area contributed by atoms with E-state index < -0.39 is 6.18 Å². The van der Waals surface area contributed by atoms with Crippen LogP contribution in [0.4, 0.5) is 13.2 Å². The summed E-state index contributed by atoms with van der Waals surface area (Å²) in [5.74, 6) is 0.564. The van der Waals surface area contributed by atoms with E-state index in [2.05, 4.69) is 31.2 Å². The molecule has 0 aliphatic heterocycles. The van der Waals surface area contributed by atoms with E-state index in [1.165, 1.54) is 82.6 Å². The molecule has 3 saturated carbocycles. The number of fused-ring (bicyclic) bond motifs is 3. The van der Waals surface area contributed by atoms with Gasteiger partial charge in [-0.05, 0) is 90.7 Å². The van der Waals surface area contributed by atoms with Gasteiger partial charge < -0.3 is 4.74 Å². The molecule has 0 radical (unpaired) electrons. The molecule has 3 aliphatic carbocycles. The number of allylic oxidation sites excluding steroid dienone is 1. The molecule has 190 valence electrons. The highest BCUT2D eigenvalue weighted by molar-refractivity contribution is 5.64. The Hall–Kier alpha value is -2.23. The minimum atomic E-state index is -4.30. The SMILES string of the molecule is CCCCCCCC12CCC(c3ccc(-c4ccc(OC/C=C/C(F)(F)F)cc4)cc3)(CC1)CC2. The Kier molecular flexibility index (Phi) is 8.29. The molecule has 0 unspecified atom stereocenters. The van der Waals surface area contributed by atoms with Crippen LogP contribution in [0.3, 0.4) is 0 Å². The summed E-state index contributed by atoms with van der Waals surface area (Å²) >= 11 is 0. The van der Waals surface area contributed by atoms with Crippen LogP contribution < -0.4 is 4.74 Å². The Morgan fingerprint density at radius 2 is 1.34 bits per heavy atom. The number of rotatable bonds is 11. The molecule has 2 bridgehead atoms. The summed E-state index contributed by atoms with van der Waals surface area (Å²) in [6, 6.07) is 16.6. The fourth-order valence-electron chi connectivity index (χ4n) is 6.26. The Balaban J connectivity index is 1.31. The minimum absolute atomic E-state index is 0.101. The zero-order valence-corrected chi connectivity index (χ0v) is 21.0. The van der Waals surface area contributed by atoms with Crippen molar-refractivity contribution in [1.82, 2.24) is 0 Å². The molecule has 0 aromatic heterocycles. The molecule has 3 aliphatic rings. The molecule has 0 atom stereocenters. The van der Waals surface area contributed by atoms with Crippen LogP contribution in [0.1, 0.15) is 89.5 Å². The van der Waals surface area contributed by atoms with Gasteiger partial charge in [-0.15, -0.1) is 0 Å². The summed E-state index contributed by atoms with van der Waals surface area (Å²) in [5, 5.41) is 0. The topological polar surface area (TPSA) is 9.23 Å². The van der Waals surface area contributed by atoms with E-state index >= 15 is 0 Å². The van der Waals surface area contributed by atoms with Crippen molar-refractivity contribution < 1.29 is 17.9 Å². The minimum Gasteiger partial charge on any atom is -0.490 e. The Bertz CT molecular complexity index is 932. The molecule has 35 heavy (non-hydrogen) atoms. The van der Waals surface area contributed by atoms with E-state index in [4.69, 9.17) is 4.74 Å². The Labute approximate surface area is 208 Å². The number of hydrogen-bond acceptors (Lipinski definition) is 1. The number of ether oxygens (including phenoxy) is 1. The van der Waals surface area contributed by atoms with E-state index in [1.54, 1.807) is 0 Å². The van der Waals surface area contributed by atoms with Crippen molar-refractivity contribution in [3.8, 4) is 16.9 Å². The first kappa shape index (κ1) is 25.9. The predicted molar refractivity (Wildman–Crippen MR) is 138 cm³/mol. The summed E-state index contributed by atoms with van der Waals surface area (Å²) in [4.78, 5) is 0. The summed E-state index contributed by atoms with van der Waals surface area (Å²) in [6.45, 7) is 2.18. The first-order chi connectivity index (χ1) is 16.8. The van der Waals surface area contributed by atoms with E-state index in [-0.39, 0.29) is 12.7 Å². The molecule has 1 nitrogen and oxygen atoms in total. The van der Waals surface area contributed by atoms with E-state index in [9.17, 15) is 13.2 Å². The average Bonchev–Trinajstić information content (AvgIpc) is 2.88. The predicted octanol–water partition coefficient (Wildman–Crippen LogP) is 9.80. The summed E-state index contributed by atoms with van der Waals surface area (Å²) in [6.07, 6.45) is 13.4. The van der Waals surface area contributed by atoms with E-state index in [0.717, 1.165) is 17.2 Å². The molecular weight excluding hydrogens is 445 g/mol. The van der Waals surface area contributed by atoms with Gasteiger partial charge in [0.25, 0.3) is 0 Å². The van der Waals surface area contributed by atoms with Crippen LogP contribution in [0.25, 0.3) is 11.1 Å². The Morgan fingerprint density at radius 1 is 0.771 bits per heavy atom. The second-order valence-electron chi connectivity index (χ2n) is 10.8. The summed E-state index contributed by atoms with van der Waals surface area (Å²) < 4.78 is 41.9. The third-order valence-corrected chi connectivity index (χ3v) is 8.55. The highest BCUT2D eigenvalue weighted by Crippen LogP contribution is 2.59. The van der Waals surface area contributed by atoms with E-state index in [0.29, 0.717) is 16.6 Å². The molecule has 0 amide bonds. The quantitative estimate of drug-likeness (QED) is 0.228. The van der Waals surface area contributed by atoms with Crippen molar-refractivity contribution in [2.45, 2.75) is 95.6 Å². The van der Waals surface area contributed by atoms with Crippen LogP contribution in [0.15, 0.2) is 60.7 Å². The maximum Gasteiger partial charge on any atom is 0.409 e. The fraction of sp³-hybridized carbons (Fsp3) is 0.548. The van der Waals surface area contributed by atoms with Gasteiger partial charge in [0, 0.05) is 6.08 Å².